The van der Waals surface area contributed by atoms with E-state index in [-0.39, 0.29) is 19.0 Å². The highest BCUT2D eigenvalue weighted by molar-refractivity contribution is 6.30. The minimum atomic E-state index is -1.11. The molecule has 9 nitrogen and oxygen atoms in total. The number of hydrogen-bond acceptors (Lipinski definition) is 6. The molecule has 2 aromatic heterocycles. The lowest BCUT2D eigenvalue weighted by Crippen LogP contribution is -2.46. The van der Waals surface area contributed by atoms with Gasteiger partial charge in [0.2, 0.25) is 5.95 Å². The lowest BCUT2D eigenvalue weighted by atomic mass is 9.94. The molecule has 0 saturated heterocycles. The summed E-state index contributed by atoms with van der Waals surface area (Å²) >= 11 is 6.03. The van der Waals surface area contributed by atoms with Crippen molar-refractivity contribution >= 4 is 40.1 Å². The molecule has 194 valence electrons. The Balaban J connectivity index is 1.81. The highest BCUT2D eigenvalue weighted by Gasteiger charge is 2.31. The maximum atomic E-state index is 13.6. The number of halogens is 1. The lowest BCUT2D eigenvalue weighted by Gasteiger charge is -2.23. The van der Waals surface area contributed by atoms with Gasteiger partial charge < -0.3 is 15.0 Å². The highest BCUT2D eigenvalue weighted by Crippen LogP contribution is 2.26. The average molecular weight is 524 g/mol. The van der Waals surface area contributed by atoms with Crippen molar-refractivity contribution in [2.75, 3.05) is 12.4 Å². The molecule has 0 aliphatic heterocycles. The van der Waals surface area contributed by atoms with E-state index >= 15 is 0 Å². The molecule has 4 rings (SSSR count). The molecule has 2 N–H and O–H groups in total. The highest BCUT2D eigenvalue weighted by atomic mass is 35.5. The third-order valence-electron chi connectivity index (χ3n) is 6.47. The second-order valence-corrected chi connectivity index (χ2v) is 10.1. The summed E-state index contributed by atoms with van der Waals surface area (Å²) in [6.07, 6.45) is 0.881. The number of nitrogens with zero attached hydrogens (tertiary/aromatic N) is 3. The van der Waals surface area contributed by atoms with Crippen LogP contribution < -0.4 is 16.7 Å². The topological polar surface area (TPSA) is 111 Å². The number of aromatic amines is 1. The molecule has 2 heterocycles. The number of carbonyl (C=O) groups excluding carboxylic acids is 1. The predicted octanol–water partition coefficient (Wildman–Crippen LogP) is 4.40. The molecule has 0 spiro atoms. The number of aromatic nitrogens is 4. The standard InChI is InChI=1S/C27H30ClN5O4/c1-6-21-16(2)20-13-19(11-12-22(20)30-21)29-24-31-25(35)33(15-27(3,4)23(34)37-5)26(36)32(24)14-17-7-9-18(28)10-8-17/h7-13,30H,6,14-15H2,1-5H3,(H,29,31,35). The Hall–Kier alpha value is -3.85. The molecule has 0 atom stereocenters. The van der Waals surface area contributed by atoms with E-state index in [2.05, 4.69) is 29.1 Å². The number of aryl methyl sites for hydroxylation is 2. The molecule has 10 heteroatoms. The van der Waals surface area contributed by atoms with Crippen molar-refractivity contribution in [1.82, 2.24) is 19.1 Å². The number of rotatable bonds is 8. The predicted molar refractivity (Wildman–Crippen MR) is 145 cm³/mol. The van der Waals surface area contributed by atoms with Crippen molar-refractivity contribution in [3.05, 3.63) is 85.3 Å². The first-order valence-electron chi connectivity index (χ1n) is 12.0. The molecule has 0 bridgehead atoms. The van der Waals surface area contributed by atoms with Crippen LogP contribution in [0.5, 0.6) is 0 Å². The van der Waals surface area contributed by atoms with E-state index in [0.717, 1.165) is 38.7 Å². The Morgan fingerprint density at radius 2 is 1.84 bits per heavy atom. The summed E-state index contributed by atoms with van der Waals surface area (Å²) < 4.78 is 7.19. The summed E-state index contributed by atoms with van der Waals surface area (Å²) in [4.78, 5) is 46.5. The summed E-state index contributed by atoms with van der Waals surface area (Å²) in [6, 6.07) is 12.8. The van der Waals surface area contributed by atoms with Crippen LogP contribution in [0.15, 0.2) is 52.1 Å². The molecule has 4 aromatic rings. The molecular formula is C27H30ClN5O4. The molecule has 0 unspecified atom stereocenters. The second-order valence-electron chi connectivity index (χ2n) is 9.64. The number of carbonyl (C=O) groups is 1. The summed E-state index contributed by atoms with van der Waals surface area (Å²) in [7, 11) is 1.27. The summed E-state index contributed by atoms with van der Waals surface area (Å²) in [5.41, 5.74) is 2.31. The third-order valence-corrected chi connectivity index (χ3v) is 6.72. The van der Waals surface area contributed by atoms with E-state index < -0.39 is 22.8 Å². The molecule has 2 aromatic carbocycles. The van der Waals surface area contributed by atoms with Gasteiger partial charge in [-0.2, -0.15) is 4.98 Å². The maximum absolute atomic E-state index is 13.6. The van der Waals surface area contributed by atoms with Crippen LogP contribution in [0.4, 0.5) is 11.6 Å². The van der Waals surface area contributed by atoms with Crippen molar-refractivity contribution in [1.29, 1.82) is 0 Å². The van der Waals surface area contributed by atoms with Gasteiger partial charge in [0.1, 0.15) is 0 Å². The van der Waals surface area contributed by atoms with Gasteiger partial charge in [-0.1, -0.05) is 30.7 Å². The molecule has 0 aliphatic rings. The maximum Gasteiger partial charge on any atom is 0.354 e. The fourth-order valence-corrected chi connectivity index (χ4v) is 4.48. The van der Waals surface area contributed by atoms with Crippen LogP contribution in [0, 0.1) is 12.3 Å². The smallest absolute Gasteiger partial charge is 0.354 e. The normalized spacial score (nSPS) is 11.6. The number of anilines is 2. The zero-order valence-corrected chi connectivity index (χ0v) is 22.3. The van der Waals surface area contributed by atoms with Gasteiger partial charge in [-0.3, -0.25) is 9.36 Å². The number of hydrogen-bond donors (Lipinski definition) is 2. The van der Waals surface area contributed by atoms with Gasteiger partial charge in [0.15, 0.2) is 0 Å². The number of fused-ring (bicyclic) bond motifs is 1. The number of benzene rings is 2. The van der Waals surface area contributed by atoms with Gasteiger partial charge >= 0.3 is 17.3 Å². The minimum absolute atomic E-state index is 0.0975. The largest absolute Gasteiger partial charge is 0.469 e. The minimum Gasteiger partial charge on any atom is -0.469 e. The number of H-pyrrole nitrogens is 1. The zero-order valence-electron chi connectivity index (χ0n) is 21.5. The number of esters is 1. The van der Waals surface area contributed by atoms with Crippen molar-refractivity contribution in [3.63, 3.8) is 0 Å². The lowest BCUT2D eigenvalue weighted by molar-refractivity contribution is -0.151. The van der Waals surface area contributed by atoms with Crippen LogP contribution >= 0.6 is 11.6 Å². The van der Waals surface area contributed by atoms with Gasteiger partial charge in [0, 0.05) is 33.9 Å². The van der Waals surface area contributed by atoms with Crippen molar-refractivity contribution in [3.8, 4) is 0 Å². The molecule has 0 amide bonds. The molecule has 37 heavy (non-hydrogen) atoms. The second kappa shape index (κ2) is 10.3. The fraction of sp³-hybridized carbons (Fsp3) is 0.333. The van der Waals surface area contributed by atoms with E-state index in [1.807, 2.05) is 18.2 Å². The Bertz CT molecular complexity index is 1580. The van der Waals surface area contributed by atoms with E-state index in [9.17, 15) is 14.4 Å². The van der Waals surface area contributed by atoms with Crippen LogP contribution in [0.3, 0.4) is 0 Å². The summed E-state index contributed by atoms with van der Waals surface area (Å²) in [5, 5.41) is 4.78. The number of ether oxygens (including phenoxy) is 1. The van der Waals surface area contributed by atoms with Gasteiger partial charge in [0.05, 0.1) is 19.1 Å². The van der Waals surface area contributed by atoms with Gasteiger partial charge in [-0.25, -0.2) is 14.2 Å². The van der Waals surface area contributed by atoms with Crippen LogP contribution in [0.2, 0.25) is 5.02 Å². The molecule has 0 saturated carbocycles. The van der Waals surface area contributed by atoms with E-state index in [0.29, 0.717) is 10.7 Å². The van der Waals surface area contributed by atoms with Gasteiger partial charge in [-0.15, -0.1) is 0 Å². The van der Waals surface area contributed by atoms with Crippen LogP contribution in [0.1, 0.15) is 37.6 Å². The third kappa shape index (κ3) is 5.32. The van der Waals surface area contributed by atoms with E-state index in [4.69, 9.17) is 16.3 Å². The number of methoxy groups -OCH3 is 1. The Morgan fingerprint density at radius 1 is 1.14 bits per heavy atom. The molecular weight excluding hydrogens is 494 g/mol. The van der Waals surface area contributed by atoms with Crippen molar-refractivity contribution in [2.24, 2.45) is 5.41 Å². The van der Waals surface area contributed by atoms with Gasteiger partial charge in [0.25, 0.3) is 0 Å². The first-order chi connectivity index (χ1) is 17.5. The Morgan fingerprint density at radius 3 is 2.49 bits per heavy atom. The molecule has 0 radical (unpaired) electrons. The van der Waals surface area contributed by atoms with E-state index in [1.54, 1.807) is 38.1 Å². The first-order valence-corrected chi connectivity index (χ1v) is 12.3. The molecule has 0 fully saturated rings. The van der Waals surface area contributed by atoms with Crippen LogP contribution in [-0.2, 0) is 29.0 Å². The Labute approximate surface area is 219 Å². The zero-order chi connectivity index (χ0) is 26.9. The average Bonchev–Trinajstić information content (AvgIpc) is 3.19. The van der Waals surface area contributed by atoms with Gasteiger partial charge in [-0.05, 0) is 68.7 Å². The monoisotopic (exact) mass is 523 g/mol. The summed E-state index contributed by atoms with van der Waals surface area (Å²) in [5.74, 6) is -0.438. The van der Waals surface area contributed by atoms with Crippen LogP contribution in [0.25, 0.3) is 10.9 Å². The fourth-order valence-electron chi connectivity index (χ4n) is 4.35. The van der Waals surface area contributed by atoms with Crippen molar-refractivity contribution < 1.29 is 9.53 Å². The van der Waals surface area contributed by atoms with E-state index in [1.165, 1.54) is 11.7 Å². The van der Waals surface area contributed by atoms with Crippen molar-refractivity contribution in [2.45, 2.75) is 47.2 Å². The number of nitrogens with one attached hydrogen (secondary N) is 2. The summed E-state index contributed by atoms with van der Waals surface area (Å²) in [6.45, 7) is 7.32. The van der Waals surface area contributed by atoms with Crippen LogP contribution in [-0.4, -0.2) is 32.2 Å². The SMILES string of the molecule is CCc1[nH]c2ccc(Nc3nc(=O)n(CC(C)(C)C(=O)OC)c(=O)n3Cc3ccc(Cl)cc3)cc2c1C. The molecule has 0 aliphatic carbocycles. The first kappa shape index (κ1) is 26.2. The Kier molecular flexibility index (Phi) is 7.27. The quantitative estimate of drug-likeness (QED) is 0.331.